The molecule has 112 valence electrons. The number of ether oxygens (including phenoxy) is 1. The summed E-state index contributed by atoms with van der Waals surface area (Å²) in [5, 5.41) is 4.95. The molecule has 3 rings (SSSR count). The largest absolute Gasteiger partial charge is 0.496 e. The summed E-state index contributed by atoms with van der Waals surface area (Å²) < 4.78 is 7.34. The van der Waals surface area contributed by atoms with Gasteiger partial charge in [-0.2, -0.15) is 5.10 Å². The van der Waals surface area contributed by atoms with E-state index in [1.165, 1.54) is 12.8 Å². The third-order valence-electron chi connectivity index (χ3n) is 3.98. The highest BCUT2D eigenvalue weighted by Gasteiger charge is 2.25. The van der Waals surface area contributed by atoms with Crippen molar-refractivity contribution in [3.05, 3.63) is 41.4 Å². The van der Waals surface area contributed by atoms with Crippen LogP contribution in [0.1, 0.15) is 18.4 Å². The highest BCUT2D eigenvalue weighted by molar-refractivity contribution is 6.30. The smallest absolute Gasteiger partial charge is 0.137 e. The number of benzene rings is 1. The first-order valence-corrected chi connectivity index (χ1v) is 7.53. The van der Waals surface area contributed by atoms with Crippen LogP contribution in [0.3, 0.4) is 0 Å². The SMILES string of the molecule is COc1ccc(Cl)cc1CN1CCCC1Cn1cncn1. The second kappa shape index (κ2) is 6.45. The van der Waals surface area contributed by atoms with E-state index in [0.29, 0.717) is 6.04 Å². The summed E-state index contributed by atoms with van der Waals surface area (Å²) in [5.74, 6) is 0.894. The van der Waals surface area contributed by atoms with E-state index < -0.39 is 0 Å². The fourth-order valence-corrected chi connectivity index (χ4v) is 3.14. The summed E-state index contributed by atoms with van der Waals surface area (Å²) in [5.41, 5.74) is 1.13. The number of hydrogen-bond donors (Lipinski definition) is 0. The molecule has 0 N–H and O–H groups in total. The predicted molar refractivity (Wildman–Crippen MR) is 81.5 cm³/mol. The number of halogens is 1. The maximum atomic E-state index is 6.11. The standard InChI is InChI=1S/C15H19ClN4O/c1-21-15-5-4-13(16)7-12(15)8-19-6-2-3-14(19)9-20-11-17-10-18-20/h4-5,7,10-11,14H,2-3,6,8-9H2,1H3. The molecule has 0 bridgehead atoms. The highest BCUT2D eigenvalue weighted by atomic mass is 35.5. The molecule has 2 aromatic rings. The summed E-state index contributed by atoms with van der Waals surface area (Å²) in [6.45, 7) is 2.82. The molecule has 1 unspecified atom stereocenters. The molecule has 21 heavy (non-hydrogen) atoms. The second-order valence-electron chi connectivity index (χ2n) is 5.34. The zero-order chi connectivity index (χ0) is 14.7. The van der Waals surface area contributed by atoms with Crippen LogP contribution in [-0.2, 0) is 13.1 Å². The van der Waals surface area contributed by atoms with E-state index in [4.69, 9.17) is 16.3 Å². The number of rotatable bonds is 5. The Morgan fingerprint density at radius 2 is 2.33 bits per heavy atom. The molecule has 1 aliphatic heterocycles. The molecule has 1 aromatic heterocycles. The van der Waals surface area contributed by atoms with Gasteiger partial charge in [-0.3, -0.25) is 9.58 Å². The third-order valence-corrected chi connectivity index (χ3v) is 4.21. The molecule has 1 atom stereocenters. The molecule has 0 amide bonds. The minimum absolute atomic E-state index is 0.482. The van der Waals surface area contributed by atoms with Crippen molar-refractivity contribution in [2.75, 3.05) is 13.7 Å². The van der Waals surface area contributed by atoms with Gasteiger partial charge in [-0.05, 0) is 37.6 Å². The topological polar surface area (TPSA) is 43.2 Å². The lowest BCUT2D eigenvalue weighted by Gasteiger charge is -2.25. The maximum absolute atomic E-state index is 6.11. The molecule has 6 heteroatoms. The predicted octanol–water partition coefficient (Wildman–Crippen LogP) is 2.60. The molecule has 1 saturated heterocycles. The van der Waals surface area contributed by atoms with Crippen LogP contribution in [0.2, 0.25) is 5.02 Å². The summed E-state index contributed by atoms with van der Waals surface area (Å²) in [6, 6.07) is 6.27. The lowest BCUT2D eigenvalue weighted by atomic mass is 10.1. The average molecular weight is 307 g/mol. The van der Waals surface area contributed by atoms with Crippen molar-refractivity contribution in [3.63, 3.8) is 0 Å². The molecule has 0 radical (unpaired) electrons. The molecular weight excluding hydrogens is 288 g/mol. The monoisotopic (exact) mass is 306 g/mol. The van der Waals surface area contributed by atoms with Gasteiger partial charge in [0.2, 0.25) is 0 Å². The Hall–Kier alpha value is -1.59. The van der Waals surface area contributed by atoms with E-state index in [0.717, 1.165) is 36.0 Å². The molecular formula is C15H19ClN4O. The Morgan fingerprint density at radius 3 is 3.10 bits per heavy atom. The van der Waals surface area contributed by atoms with Crippen LogP contribution < -0.4 is 4.74 Å². The van der Waals surface area contributed by atoms with Crippen LogP contribution >= 0.6 is 11.6 Å². The molecule has 0 aliphatic carbocycles. The van der Waals surface area contributed by atoms with Crippen molar-refractivity contribution in [3.8, 4) is 5.75 Å². The van der Waals surface area contributed by atoms with E-state index in [1.807, 2.05) is 22.9 Å². The molecule has 0 spiro atoms. The van der Waals surface area contributed by atoms with Gasteiger partial charge in [-0.1, -0.05) is 11.6 Å². The number of aromatic nitrogens is 3. The Labute approximate surface area is 129 Å². The minimum Gasteiger partial charge on any atom is -0.496 e. The lowest BCUT2D eigenvalue weighted by molar-refractivity contribution is 0.216. The second-order valence-corrected chi connectivity index (χ2v) is 5.78. The maximum Gasteiger partial charge on any atom is 0.137 e. The van der Waals surface area contributed by atoms with Crippen molar-refractivity contribution in [1.29, 1.82) is 0 Å². The molecule has 1 aromatic carbocycles. The van der Waals surface area contributed by atoms with Crippen LogP contribution in [-0.4, -0.2) is 39.4 Å². The van der Waals surface area contributed by atoms with Gasteiger partial charge in [0.05, 0.1) is 13.7 Å². The van der Waals surface area contributed by atoms with Gasteiger partial charge < -0.3 is 4.74 Å². The number of nitrogens with zero attached hydrogens (tertiary/aromatic N) is 4. The van der Waals surface area contributed by atoms with Gasteiger partial charge >= 0.3 is 0 Å². The molecule has 1 aliphatic rings. The minimum atomic E-state index is 0.482. The van der Waals surface area contributed by atoms with Crippen LogP contribution in [0.5, 0.6) is 5.75 Å². The van der Waals surface area contributed by atoms with E-state index in [-0.39, 0.29) is 0 Å². The van der Waals surface area contributed by atoms with Crippen molar-refractivity contribution >= 4 is 11.6 Å². The lowest BCUT2D eigenvalue weighted by Crippen LogP contribution is -2.32. The molecule has 1 fully saturated rings. The Kier molecular flexibility index (Phi) is 4.41. The Morgan fingerprint density at radius 1 is 1.43 bits per heavy atom. The van der Waals surface area contributed by atoms with E-state index >= 15 is 0 Å². The average Bonchev–Trinajstić information content (AvgIpc) is 3.12. The van der Waals surface area contributed by atoms with Gasteiger partial charge in [0.1, 0.15) is 18.4 Å². The molecule has 2 heterocycles. The van der Waals surface area contributed by atoms with Crippen molar-refractivity contribution < 1.29 is 4.74 Å². The fraction of sp³-hybridized carbons (Fsp3) is 0.467. The first-order chi connectivity index (χ1) is 10.3. The number of likely N-dealkylation sites (tertiary alicyclic amines) is 1. The zero-order valence-corrected chi connectivity index (χ0v) is 12.8. The van der Waals surface area contributed by atoms with Crippen LogP contribution in [0.25, 0.3) is 0 Å². The van der Waals surface area contributed by atoms with Crippen molar-refractivity contribution in [2.45, 2.75) is 32.0 Å². The quantitative estimate of drug-likeness (QED) is 0.851. The first-order valence-electron chi connectivity index (χ1n) is 7.15. The van der Waals surface area contributed by atoms with Crippen molar-refractivity contribution in [1.82, 2.24) is 19.7 Å². The van der Waals surface area contributed by atoms with Crippen LogP contribution in [0.15, 0.2) is 30.9 Å². The van der Waals surface area contributed by atoms with Gasteiger partial charge in [-0.15, -0.1) is 0 Å². The van der Waals surface area contributed by atoms with E-state index in [9.17, 15) is 0 Å². The summed E-state index contributed by atoms with van der Waals surface area (Å²) in [6.07, 6.45) is 5.75. The van der Waals surface area contributed by atoms with E-state index in [1.54, 1.807) is 19.8 Å². The fourth-order valence-electron chi connectivity index (χ4n) is 2.94. The van der Waals surface area contributed by atoms with Gasteiger partial charge in [0.15, 0.2) is 0 Å². The third kappa shape index (κ3) is 3.36. The van der Waals surface area contributed by atoms with Crippen LogP contribution in [0.4, 0.5) is 0 Å². The highest BCUT2D eigenvalue weighted by Crippen LogP contribution is 2.27. The summed E-state index contributed by atoms with van der Waals surface area (Å²) >= 11 is 6.11. The molecule has 5 nitrogen and oxygen atoms in total. The Bertz CT molecular complexity index is 587. The van der Waals surface area contributed by atoms with E-state index in [2.05, 4.69) is 15.0 Å². The summed E-state index contributed by atoms with van der Waals surface area (Å²) in [4.78, 5) is 6.48. The zero-order valence-electron chi connectivity index (χ0n) is 12.1. The molecule has 0 saturated carbocycles. The summed E-state index contributed by atoms with van der Waals surface area (Å²) in [7, 11) is 1.70. The number of methoxy groups -OCH3 is 1. The normalized spacial score (nSPS) is 19.0. The van der Waals surface area contributed by atoms with Crippen molar-refractivity contribution in [2.24, 2.45) is 0 Å². The van der Waals surface area contributed by atoms with Gasteiger partial charge in [-0.25, -0.2) is 4.98 Å². The Balaban J connectivity index is 1.72. The van der Waals surface area contributed by atoms with Gasteiger partial charge in [0.25, 0.3) is 0 Å². The number of hydrogen-bond acceptors (Lipinski definition) is 4. The first kappa shape index (κ1) is 14.4. The van der Waals surface area contributed by atoms with Gasteiger partial charge in [0, 0.05) is 23.2 Å². The van der Waals surface area contributed by atoms with Crippen LogP contribution in [0, 0.1) is 0 Å².